The Bertz CT molecular complexity index is 184. The molecule has 1 heterocycles. The van der Waals surface area contributed by atoms with Crippen molar-refractivity contribution in [3.63, 3.8) is 0 Å². The van der Waals surface area contributed by atoms with Crippen LogP contribution in [0.25, 0.3) is 0 Å². The minimum absolute atomic E-state index is 0.594. The normalized spacial score (nSPS) is 37.4. The van der Waals surface area contributed by atoms with Crippen molar-refractivity contribution in [2.45, 2.75) is 31.7 Å². The van der Waals surface area contributed by atoms with Gasteiger partial charge in [-0.2, -0.15) is 0 Å². The van der Waals surface area contributed by atoms with Crippen molar-refractivity contribution in [2.24, 2.45) is 10.9 Å². The molecule has 2 atom stereocenters. The maximum atomic E-state index is 7.02. The second-order valence-electron chi connectivity index (χ2n) is 3.23. The molecular weight excluding hydrogens is 124 g/mol. The van der Waals surface area contributed by atoms with Crippen LogP contribution in [-0.2, 0) is 0 Å². The van der Waals surface area contributed by atoms with Crippen LogP contribution in [0.1, 0.15) is 25.7 Å². The summed E-state index contributed by atoms with van der Waals surface area (Å²) in [5.74, 6) is 0.802. The standard InChI is InChI=1S/C8H12N2/c9-5-7-4-6-2-1-3-8(6)10-7/h5-6,8-9H,1-4H2/t6-,8-/m1/s1. The van der Waals surface area contributed by atoms with Crippen LogP contribution in [0.4, 0.5) is 0 Å². The van der Waals surface area contributed by atoms with Crippen molar-refractivity contribution in [1.29, 1.82) is 5.41 Å². The Morgan fingerprint density at radius 3 is 3.10 bits per heavy atom. The van der Waals surface area contributed by atoms with Crippen molar-refractivity contribution in [3.05, 3.63) is 0 Å². The molecule has 1 fully saturated rings. The first-order valence-corrected chi connectivity index (χ1v) is 3.97. The van der Waals surface area contributed by atoms with Crippen molar-refractivity contribution < 1.29 is 0 Å². The Morgan fingerprint density at radius 2 is 2.40 bits per heavy atom. The van der Waals surface area contributed by atoms with E-state index in [1.165, 1.54) is 25.5 Å². The van der Waals surface area contributed by atoms with Crippen LogP contribution >= 0.6 is 0 Å². The van der Waals surface area contributed by atoms with Gasteiger partial charge >= 0.3 is 0 Å². The molecular formula is C8H12N2. The third-order valence-electron chi connectivity index (χ3n) is 2.59. The molecule has 2 nitrogen and oxygen atoms in total. The monoisotopic (exact) mass is 136 g/mol. The smallest absolute Gasteiger partial charge is 0.0535 e. The molecule has 0 amide bonds. The number of fused-ring (bicyclic) bond motifs is 1. The quantitative estimate of drug-likeness (QED) is 0.532. The highest BCUT2D eigenvalue weighted by Crippen LogP contribution is 2.35. The molecule has 2 aliphatic rings. The first-order chi connectivity index (χ1) is 4.90. The zero-order chi connectivity index (χ0) is 6.97. The third-order valence-corrected chi connectivity index (χ3v) is 2.59. The van der Waals surface area contributed by atoms with Gasteiger partial charge in [-0.15, -0.1) is 0 Å². The topological polar surface area (TPSA) is 36.2 Å². The molecule has 2 rings (SSSR count). The Labute approximate surface area is 60.9 Å². The van der Waals surface area contributed by atoms with Gasteiger partial charge in [0.1, 0.15) is 0 Å². The summed E-state index contributed by atoms with van der Waals surface area (Å²) in [5.41, 5.74) is 1.02. The molecule has 1 saturated carbocycles. The molecule has 0 aromatic carbocycles. The van der Waals surface area contributed by atoms with Crippen LogP contribution in [0.5, 0.6) is 0 Å². The van der Waals surface area contributed by atoms with Gasteiger partial charge in [0, 0.05) is 6.21 Å². The molecule has 10 heavy (non-hydrogen) atoms. The van der Waals surface area contributed by atoms with Gasteiger partial charge in [0.2, 0.25) is 0 Å². The molecule has 0 aromatic heterocycles. The SMILES string of the molecule is N=CC1=N[C@@H]2CCC[C@@H]2C1. The Hall–Kier alpha value is -0.660. The molecule has 0 bridgehead atoms. The van der Waals surface area contributed by atoms with E-state index >= 15 is 0 Å². The van der Waals surface area contributed by atoms with Gasteiger partial charge in [-0.3, -0.25) is 4.99 Å². The molecule has 0 radical (unpaired) electrons. The number of hydrogen-bond donors (Lipinski definition) is 1. The number of hydrogen-bond acceptors (Lipinski definition) is 2. The fourth-order valence-corrected chi connectivity index (χ4v) is 2.06. The van der Waals surface area contributed by atoms with Gasteiger partial charge in [0.15, 0.2) is 0 Å². The van der Waals surface area contributed by atoms with E-state index in [-0.39, 0.29) is 0 Å². The summed E-state index contributed by atoms with van der Waals surface area (Å²) >= 11 is 0. The van der Waals surface area contributed by atoms with Crippen LogP contribution in [0, 0.1) is 11.3 Å². The van der Waals surface area contributed by atoms with Crippen molar-refractivity contribution in [2.75, 3.05) is 0 Å². The Balaban J connectivity index is 2.13. The van der Waals surface area contributed by atoms with Crippen molar-refractivity contribution in [1.82, 2.24) is 0 Å². The second kappa shape index (κ2) is 2.19. The molecule has 1 N–H and O–H groups in total. The van der Waals surface area contributed by atoms with Gasteiger partial charge in [-0.05, 0) is 25.2 Å². The fraction of sp³-hybridized carbons (Fsp3) is 0.750. The maximum absolute atomic E-state index is 7.02. The summed E-state index contributed by atoms with van der Waals surface area (Å²) in [5, 5.41) is 7.02. The second-order valence-corrected chi connectivity index (χ2v) is 3.23. The zero-order valence-electron chi connectivity index (χ0n) is 6.01. The summed E-state index contributed by atoms with van der Waals surface area (Å²) in [6.45, 7) is 0. The van der Waals surface area contributed by atoms with Gasteiger partial charge < -0.3 is 5.41 Å². The highest BCUT2D eigenvalue weighted by atomic mass is 14.9. The molecule has 0 unspecified atom stereocenters. The summed E-state index contributed by atoms with van der Waals surface area (Å²) in [4.78, 5) is 4.44. The van der Waals surface area contributed by atoms with Crippen LogP contribution in [-0.4, -0.2) is 18.0 Å². The highest BCUT2D eigenvalue weighted by molar-refractivity contribution is 6.30. The van der Waals surface area contributed by atoms with E-state index < -0.39 is 0 Å². The fourth-order valence-electron chi connectivity index (χ4n) is 2.06. The van der Waals surface area contributed by atoms with Crippen LogP contribution in [0.2, 0.25) is 0 Å². The summed E-state index contributed by atoms with van der Waals surface area (Å²) in [7, 11) is 0. The third kappa shape index (κ3) is 0.789. The Morgan fingerprint density at radius 1 is 1.50 bits per heavy atom. The molecule has 54 valence electrons. The first-order valence-electron chi connectivity index (χ1n) is 3.97. The lowest BCUT2D eigenvalue weighted by molar-refractivity contribution is 0.536. The molecule has 0 saturated heterocycles. The largest absolute Gasteiger partial charge is 0.307 e. The van der Waals surface area contributed by atoms with Crippen LogP contribution in [0.3, 0.4) is 0 Å². The predicted octanol–water partition coefficient (Wildman–Crippen LogP) is 1.65. The zero-order valence-corrected chi connectivity index (χ0v) is 6.01. The van der Waals surface area contributed by atoms with E-state index in [9.17, 15) is 0 Å². The average molecular weight is 136 g/mol. The van der Waals surface area contributed by atoms with Gasteiger partial charge in [-0.1, -0.05) is 6.42 Å². The lowest BCUT2D eigenvalue weighted by atomic mass is 10.0. The number of nitrogens with one attached hydrogen (secondary N) is 1. The van der Waals surface area contributed by atoms with Crippen molar-refractivity contribution >= 4 is 11.9 Å². The summed E-state index contributed by atoms with van der Waals surface area (Å²) in [6, 6.07) is 0.594. The van der Waals surface area contributed by atoms with E-state index in [1.807, 2.05) is 0 Å². The molecule has 1 aliphatic carbocycles. The lowest BCUT2D eigenvalue weighted by Gasteiger charge is -2.02. The molecule has 0 aromatic rings. The summed E-state index contributed by atoms with van der Waals surface area (Å²) in [6.07, 6.45) is 6.45. The molecule has 0 spiro atoms. The van der Waals surface area contributed by atoms with Crippen molar-refractivity contribution in [3.8, 4) is 0 Å². The Kier molecular flexibility index (Phi) is 1.33. The van der Waals surface area contributed by atoms with E-state index in [1.54, 1.807) is 0 Å². The van der Waals surface area contributed by atoms with Crippen LogP contribution < -0.4 is 0 Å². The minimum atomic E-state index is 0.594. The van der Waals surface area contributed by atoms with Crippen LogP contribution in [0.15, 0.2) is 4.99 Å². The van der Waals surface area contributed by atoms with Gasteiger partial charge in [0.25, 0.3) is 0 Å². The lowest BCUT2D eigenvalue weighted by Crippen LogP contribution is -2.04. The van der Waals surface area contributed by atoms with E-state index in [0.29, 0.717) is 6.04 Å². The maximum Gasteiger partial charge on any atom is 0.0535 e. The number of nitrogens with zero attached hydrogens (tertiary/aromatic N) is 1. The predicted molar refractivity (Wildman–Crippen MR) is 42.0 cm³/mol. The van der Waals surface area contributed by atoms with E-state index in [0.717, 1.165) is 18.1 Å². The van der Waals surface area contributed by atoms with Gasteiger partial charge in [-0.25, -0.2) is 0 Å². The molecule has 1 aliphatic heterocycles. The highest BCUT2D eigenvalue weighted by Gasteiger charge is 2.32. The number of aliphatic imine (C=N–C) groups is 1. The average Bonchev–Trinajstić information content (AvgIpc) is 2.42. The van der Waals surface area contributed by atoms with E-state index in [4.69, 9.17) is 5.41 Å². The van der Waals surface area contributed by atoms with Gasteiger partial charge in [0.05, 0.1) is 11.8 Å². The summed E-state index contributed by atoms with van der Waals surface area (Å²) < 4.78 is 0. The number of rotatable bonds is 1. The minimum Gasteiger partial charge on any atom is -0.307 e. The first kappa shape index (κ1) is 6.08. The van der Waals surface area contributed by atoms with E-state index in [2.05, 4.69) is 4.99 Å². The molecule has 2 heteroatoms.